The van der Waals surface area contributed by atoms with Gasteiger partial charge in [-0.15, -0.1) is 5.10 Å². The lowest BCUT2D eigenvalue weighted by Gasteiger charge is -2.11. The Balaban J connectivity index is 1.64. The topological polar surface area (TPSA) is 91.2 Å². The highest BCUT2D eigenvalue weighted by atomic mass is 16.5. The number of nitrogens with zero attached hydrogens (tertiary/aromatic N) is 4. The predicted molar refractivity (Wildman–Crippen MR) is 95.7 cm³/mol. The lowest BCUT2D eigenvalue weighted by Crippen LogP contribution is -2.13. The fourth-order valence-electron chi connectivity index (χ4n) is 2.49. The highest BCUT2D eigenvalue weighted by molar-refractivity contribution is 5.91. The molecule has 134 valence electrons. The largest absolute Gasteiger partial charge is 0.497 e. The van der Waals surface area contributed by atoms with Gasteiger partial charge in [0.15, 0.2) is 0 Å². The number of nitrogens with one attached hydrogen (secondary N) is 1. The molecule has 0 saturated carbocycles. The molecule has 8 heteroatoms. The molecule has 0 spiro atoms. The van der Waals surface area contributed by atoms with Crippen molar-refractivity contribution < 1.29 is 14.3 Å². The molecular formula is C18H19N5O3. The van der Waals surface area contributed by atoms with Crippen LogP contribution in [0.25, 0.3) is 5.69 Å². The van der Waals surface area contributed by atoms with Gasteiger partial charge in [-0.2, -0.15) is 4.68 Å². The van der Waals surface area contributed by atoms with E-state index < -0.39 is 0 Å². The Morgan fingerprint density at radius 2 is 1.92 bits per heavy atom. The zero-order valence-electron chi connectivity index (χ0n) is 14.5. The molecule has 8 nitrogen and oxygen atoms in total. The number of rotatable bonds is 7. The van der Waals surface area contributed by atoms with Crippen molar-refractivity contribution >= 4 is 11.6 Å². The van der Waals surface area contributed by atoms with Crippen molar-refractivity contribution in [3.8, 4) is 17.2 Å². The second-order valence-electron chi connectivity index (χ2n) is 5.54. The number of tetrazole rings is 1. The number of ether oxygens (including phenoxy) is 2. The van der Waals surface area contributed by atoms with Crippen molar-refractivity contribution in [2.45, 2.75) is 12.8 Å². The van der Waals surface area contributed by atoms with Crippen molar-refractivity contribution in [2.24, 2.45) is 0 Å². The third-order valence-electron chi connectivity index (χ3n) is 3.86. The Hall–Kier alpha value is -3.42. The molecule has 1 aromatic heterocycles. The zero-order chi connectivity index (χ0) is 18.4. The number of amides is 1. The summed E-state index contributed by atoms with van der Waals surface area (Å²) in [7, 11) is 3.19. The maximum absolute atomic E-state index is 12.2. The van der Waals surface area contributed by atoms with E-state index in [4.69, 9.17) is 9.47 Å². The van der Waals surface area contributed by atoms with E-state index in [2.05, 4.69) is 20.8 Å². The third-order valence-corrected chi connectivity index (χ3v) is 3.86. The number of aryl methyl sites for hydroxylation is 1. The van der Waals surface area contributed by atoms with Gasteiger partial charge in [-0.25, -0.2) is 0 Å². The number of hydrogen-bond acceptors (Lipinski definition) is 6. The van der Waals surface area contributed by atoms with Crippen molar-refractivity contribution in [2.75, 3.05) is 19.5 Å². The first-order chi connectivity index (χ1) is 12.7. The summed E-state index contributed by atoms with van der Waals surface area (Å²) in [6.07, 6.45) is 2.48. The number of benzene rings is 2. The summed E-state index contributed by atoms with van der Waals surface area (Å²) < 4.78 is 11.9. The summed E-state index contributed by atoms with van der Waals surface area (Å²) in [6.45, 7) is 0. The van der Waals surface area contributed by atoms with E-state index in [1.54, 1.807) is 32.4 Å². The molecule has 0 aliphatic heterocycles. The van der Waals surface area contributed by atoms with Gasteiger partial charge in [-0.3, -0.25) is 4.79 Å². The van der Waals surface area contributed by atoms with Gasteiger partial charge >= 0.3 is 0 Å². The lowest BCUT2D eigenvalue weighted by molar-refractivity contribution is -0.116. The molecule has 0 radical (unpaired) electrons. The van der Waals surface area contributed by atoms with E-state index in [0.717, 1.165) is 11.3 Å². The Kier molecular flexibility index (Phi) is 5.43. The Bertz CT molecular complexity index is 863. The molecule has 0 unspecified atom stereocenters. The molecule has 3 rings (SSSR count). The van der Waals surface area contributed by atoms with Crippen LogP contribution in [0.1, 0.15) is 12.0 Å². The van der Waals surface area contributed by atoms with Crippen molar-refractivity contribution in [3.63, 3.8) is 0 Å². The minimum absolute atomic E-state index is 0.0753. The number of hydrogen-bond donors (Lipinski definition) is 1. The van der Waals surface area contributed by atoms with Crippen LogP contribution in [0.5, 0.6) is 11.5 Å². The van der Waals surface area contributed by atoms with E-state index >= 15 is 0 Å². The Morgan fingerprint density at radius 1 is 1.12 bits per heavy atom. The second-order valence-corrected chi connectivity index (χ2v) is 5.54. The first kappa shape index (κ1) is 17.4. The highest BCUT2D eigenvalue weighted by Gasteiger charge is 2.10. The van der Waals surface area contributed by atoms with Crippen LogP contribution < -0.4 is 14.8 Å². The number of carbonyl (C=O) groups is 1. The van der Waals surface area contributed by atoms with E-state index in [1.165, 1.54) is 11.0 Å². The summed E-state index contributed by atoms with van der Waals surface area (Å²) in [4.78, 5) is 12.2. The molecule has 1 N–H and O–H groups in total. The monoisotopic (exact) mass is 353 g/mol. The molecule has 0 bridgehead atoms. The second kappa shape index (κ2) is 8.11. The fraction of sp³-hybridized carbons (Fsp3) is 0.222. The van der Waals surface area contributed by atoms with Gasteiger partial charge in [0.1, 0.15) is 23.5 Å². The lowest BCUT2D eigenvalue weighted by atomic mass is 10.1. The Morgan fingerprint density at radius 3 is 2.58 bits per heavy atom. The molecule has 2 aromatic carbocycles. The van der Waals surface area contributed by atoms with Gasteiger partial charge in [-0.1, -0.05) is 12.1 Å². The van der Waals surface area contributed by atoms with Crippen molar-refractivity contribution in [1.29, 1.82) is 0 Å². The average Bonchev–Trinajstić information content (AvgIpc) is 3.21. The van der Waals surface area contributed by atoms with Crippen LogP contribution in [-0.4, -0.2) is 40.3 Å². The van der Waals surface area contributed by atoms with Crippen LogP contribution in [0.4, 0.5) is 5.69 Å². The van der Waals surface area contributed by atoms with Gasteiger partial charge < -0.3 is 14.8 Å². The van der Waals surface area contributed by atoms with Gasteiger partial charge in [0.05, 0.1) is 14.2 Å². The van der Waals surface area contributed by atoms with Crippen LogP contribution in [0.2, 0.25) is 0 Å². The first-order valence-electron chi connectivity index (χ1n) is 8.04. The van der Waals surface area contributed by atoms with E-state index in [-0.39, 0.29) is 5.91 Å². The zero-order valence-corrected chi connectivity index (χ0v) is 14.5. The summed E-state index contributed by atoms with van der Waals surface area (Å²) in [5, 5.41) is 14.0. The summed E-state index contributed by atoms with van der Waals surface area (Å²) in [5.41, 5.74) is 2.37. The quantitative estimate of drug-likeness (QED) is 0.700. The fourth-order valence-corrected chi connectivity index (χ4v) is 2.49. The van der Waals surface area contributed by atoms with Crippen molar-refractivity contribution in [3.05, 3.63) is 54.4 Å². The first-order valence-corrected chi connectivity index (χ1v) is 8.04. The number of carbonyl (C=O) groups excluding carboxylic acids is 1. The molecule has 0 aliphatic carbocycles. The average molecular weight is 353 g/mol. The molecule has 1 heterocycles. The summed E-state index contributed by atoms with van der Waals surface area (Å²) in [5.74, 6) is 1.33. The number of methoxy groups -OCH3 is 2. The van der Waals surface area contributed by atoms with E-state index in [9.17, 15) is 4.79 Å². The third kappa shape index (κ3) is 4.15. The SMILES string of the molecule is COc1ccc(CCC(=O)Nc2ccc(OC)c(-n3cnnn3)c2)cc1. The number of anilines is 1. The highest BCUT2D eigenvalue weighted by Crippen LogP contribution is 2.25. The minimum Gasteiger partial charge on any atom is -0.497 e. The number of aromatic nitrogens is 4. The normalized spacial score (nSPS) is 10.4. The van der Waals surface area contributed by atoms with Gasteiger partial charge in [0, 0.05) is 12.1 Å². The molecule has 0 saturated heterocycles. The predicted octanol–water partition coefficient (Wildman–Crippen LogP) is 2.25. The van der Waals surface area contributed by atoms with E-state index in [1.807, 2.05) is 24.3 Å². The van der Waals surface area contributed by atoms with Gasteiger partial charge in [0.2, 0.25) is 5.91 Å². The van der Waals surface area contributed by atoms with Crippen LogP contribution in [-0.2, 0) is 11.2 Å². The van der Waals surface area contributed by atoms with Gasteiger partial charge in [-0.05, 0) is 52.7 Å². The van der Waals surface area contributed by atoms with Gasteiger partial charge in [0.25, 0.3) is 0 Å². The molecule has 26 heavy (non-hydrogen) atoms. The molecule has 0 aliphatic rings. The molecular weight excluding hydrogens is 334 g/mol. The molecule has 0 atom stereocenters. The summed E-state index contributed by atoms with van der Waals surface area (Å²) in [6, 6.07) is 13.0. The smallest absolute Gasteiger partial charge is 0.224 e. The summed E-state index contributed by atoms with van der Waals surface area (Å²) >= 11 is 0. The molecule has 3 aromatic rings. The van der Waals surface area contributed by atoms with E-state index in [0.29, 0.717) is 30.0 Å². The molecule has 1 amide bonds. The van der Waals surface area contributed by atoms with Crippen LogP contribution >= 0.6 is 0 Å². The maximum atomic E-state index is 12.2. The Labute approximate surface area is 150 Å². The maximum Gasteiger partial charge on any atom is 0.224 e. The van der Waals surface area contributed by atoms with Crippen molar-refractivity contribution in [1.82, 2.24) is 20.2 Å². The van der Waals surface area contributed by atoms with Crippen LogP contribution in [0.3, 0.4) is 0 Å². The van der Waals surface area contributed by atoms with Crippen LogP contribution in [0.15, 0.2) is 48.8 Å². The minimum atomic E-state index is -0.0753. The standard InChI is InChI=1S/C18H19N5O3/c1-25-15-7-3-13(4-8-15)5-10-18(24)20-14-6-9-17(26-2)16(11-14)23-12-19-21-22-23/h3-4,6-9,11-12H,5,10H2,1-2H3,(H,20,24). The van der Waals surface area contributed by atoms with Crippen LogP contribution in [0, 0.1) is 0 Å². The molecule has 0 fully saturated rings.